The number of rotatable bonds is 5. The van der Waals surface area contributed by atoms with E-state index in [-0.39, 0.29) is 0 Å². The molecule has 0 unspecified atom stereocenters. The summed E-state index contributed by atoms with van der Waals surface area (Å²) in [7, 11) is 0. The Kier molecular flexibility index (Phi) is 7.70. The molecule has 0 aliphatic rings. The highest BCUT2D eigenvalue weighted by atomic mass is 16.1. The van der Waals surface area contributed by atoms with Crippen molar-refractivity contribution < 1.29 is 4.79 Å². The predicted molar refractivity (Wildman–Crippen MR) is 75.9 cm³/mol. The molecule has 0 spiro atoms. The first-order chi connectivity index (χ1) is 7.97. The predicted octanol–water partition coefficient (Wildman–Crippen LogP) is 4.55. The Labute approximate surface area is 105 Å². The van der Waals surface area contributed by atoms with E-state index in [9.17, 15) is 4.79 Å². The fourth-order valence-corrected chi connectivity index (χ4v) is 0.993. The molecule has 0 aliphatic carbocycles. The van der Waals surface area contributed by atoms with Crippen molar-refractivity contribution in [3.8, 4) is 0 Å². The number of hydrogen-bond donors (Lipinski definition) is 0. The zero-order valence-corrected chi connectivity index (χ0v) is 11.4. The summed E-state index contributed by atoms with van der Waals surface area (Å²) in [5.41, 5.74) is 4.75. The van der Waals surface area contributed by atoms with Crippen molar-refractivity contribution in [1.29, 1.82) is 0 Å². The van der Waals surface area contributed by atoms with Gasteiger partial charge >= 0.3 is 0 Å². The van der Waals surface area contributed by atoms with Crippen LogP contribution in [0, 0.1) is 0 Å². The van der Waals surface area contributed by atoms with E-state index >= 15 is 0 Å². The van der Waals surface area contributed by atoms with Crippen LogP contribution >= 0.6 is 0 Å². The molecule has 0 heterocycles. The first-order valence-electron chi connectivity index (χ1n) is 5.76. The van der Waals surface area contributed by atoms with Gasteiger partial charge in [0.1, 0.15) is 6.29 Å². The second-order valence-corrected chi connectivity index (χ2v) is 4.33. The van der Waals surface area contributed by atoms with Gasteiger partial charge in [0.05, 0.1) is 0 Å². The second-order valence-electron chi connectivity index (χ2n) is 4.33. The summed E-state index contributed by atoms with van der Waals surface area (Å²) in [6, 6.07) is 0. The van der Waals surface area contributed by atoms with E-state index in [1.54, 1.807) is 6.08 Å². The fourth-order valence-electron chi connectivity index (χ4n) is 0.993. The van der Waals surface area contributed by atoms with Crippen LogP contribution in [0.1, 0.15) is 34.6 Å². The monoisotopic (exact) mass is 230 g/mol. The van der Waals surface area contributed by atoms with E-state index in [2.05, 4.69) is 39.8 Å². The van der Waals surface area contributed by atoms with Gasteiger partial charge in [-0.3, -0.25) is 4.79 Å². The molecule has 0 fully saturated rings. The van der Waals surface area contributed by atoms with Crippen molar-refractivity contribution in [2.24, 2.45) is 0 Å². The first kappa shape index (κ1) is 15.4. The molecule has 17 heavy (non-hydrogen) atoms. The molecule has 0 saturated heterocycles. The molecular formula is C16H22O. The van der Waals surface area contributed by atoms with Gasteiger partial charge in [0.15, 0.2) is 0 Å². The smallest absolute Gasteiger partial charge is 0.143 e. The Morgan fingerprint density at radius 2 is 1.35 bits per heavy atom. The van der Waals surface area contributed by atoms with Crippen LogP contribution in [0.3, 0.4) is 0 Å². The molecule has 0 atom stereocenters. The molecule has 0 rings (SSSR count). The summed E-state index contributed by atoms with van der Waals surface area (Å²) in [5.74, 6) is 0. The standard InChI is InChI=1S/C16H22O/c1-13(2)16(5)10-9-14(3)7-6-8-15(4)11-12-17/h6-12H,1-5H3. The third-order valence-corrected chi connectivity index (χ3v) is 2.43. The van der Waals surface area contributed by atoms with Gasteiger partial charge in [-0.2, -0.15) is 0 Å². The molecule has 0 aromatic carbocycles. The number of carbonyl (C=O) groups is 1. The Hall–Kier alpha value is -1.63. The molecule has 0 aliphatic heterocycles. The highest BCUT2D eigenvalue weighted by Gasteiger charge is 1.85. The Bertz CT molecular complexity index is 397. The number of aldehydes is 1. The maximum atomic E-state index is 10.2. The van der Waals surface area contributed by atoms with E-state index in [4.69, 9.17) is 0 Å². The molecule has 1 heteroatoms. The van der Waals surface area contributed by atoms with Gasteiger partial charge in [-0.1, -0.05) is 47.1 Å². The summed E-state index contributed by atoms with van der Waals surface area (Å²) in [5, 5.41) is 0. The third-order valence-electron chi connectivity index (χ3n) is 2.43. The molecule has 0 saturated carbocycles. The van der Waals surface area contributed by atoms with Crippen LogP contribution in [-0.4, -0.2) is 6.29 Å². The van der Waals surface area contributed by atoms with Crippen molar-refractivity contribution >= 4 is 6.29 Å². The zero-order valence-electron chi connectivity index (χ0n) is 11.4. The molecule has 0 aromatic rings. The normalized spacial score (nSPS) is 13.5. The molecule has 0 N–H and O–H groups in total. The van der Waals surface area contributed by atoms with E-state index in [0.717, 1.165) is 11.9 Å². The van der Waals surface area contributed by atoms with E-state index in [1.165, 1.54) is 16.7 Å². The van der Waals surface area contributed by atoms with E-state index < -0.39 is 0 Å². The average molecular weight is 230 g/mol. The SMILES string of the molecule is CC(C=CC=C(C)C=CC(C)=C(C)C)=CC=O. The highest BCUT2D eigenvalue weighted by Crippen LogP contribution is 2.06. The van der Waals surface area contributed by atoms with E-state index in [1.807, 2.05) is 25.2 Å². The quantitative estimate of drug-likeness (QED) is 0.385. The van der Waals surface area contributed by atoms with Gasteiger partial charge in [0, 0.05) is 0 Å². The molecule has 0 amide bonds. The van der Waals surface area contributed by atoms with Gasteiger partial charge in [-0.25, -0.2) is 0 Å². The maximum Gasteiger partial charge on any atom is 0.143 e. The molecule has 1 nitrogen and oxygen atoms in total. The zero-order chi connectivity index (χ0) is 13.3. The lowest BCUT2D eigenvalue weighted by atomic mass is 10.1. The Morgan fingerprint density at radius 3 is 1.88 bits per heavy atom. The van der Waals surface area contributed by atoms with Crippen molar-refractivity contribution in [3.63, 3.8) is 0 Å². The van der Waals surface area contributed by atoms with Crippen LogP contribution in [0.2, 0.25) is 0 Å². The van der Waals surface area contributed by atoms with Crippen LogP contribution in [0.4, 0.5) is 0 Å². The van der Waals surface area contributed by atoms with Crippen LogP contribution in [-0.2, 0) is 4.79 Å². The summed E-state index contributed by atoms with van der Waals surface area (Å²) in [6.45, 7) is 10.3. The van der Waals surface area contributed by atoms with Crippen molar-refractivity contribution in [1.82, 2.24) is 0 Å². The van der Waals surface area contributed by atoms with Crippen LogP contribution < -0.4 is 0 Å². The summed E-state index contributed by atoms with van der Waals surface area (Å²) in [6.07, 6.45) is 12.4. The first-order valence-corrected chi connectivity index (χ1v) is 5.76. The minimum Gasteiger partial charge on any atom is -0.299 e. The van der Waals surface area contributed by atoms with Gasteiger partial charge in [-0.05, 0) is 46.3 Å². The molecule has 92 valence electrons. The lowest BCUT2D eigenvalue weighted by Crippen LogP contribution is -1.74. The highest BCUT2D eigenvalue weighted by molar-refractivity contribution is 5.66. The number of carbonyl (C=O) groups excluding carboxylic acids is 1. The lowest BCUT2D eigenvalue weighted by Gasteiger charge is -1.95. The average Bonchev–Trinajstić information content (AvgIpc) is 2.26. The topological polar surface area (TPSA) is 17.1 Å². The minimum atomic E-state index is 0.800. The molecule has 0 radical (unpaired) electrons. The Morgan fingerprint density at radius 1 is 0.765 bits per heavy atom. The lowest BCUT2D eigenvalue weighted by molar-refractivity contribution is -0.104. The van der Waals surface area contributed by atoms with E-state index in [0.29, 0.717) is 0 Å². The number of hydrogen-bond acceptors (Lipinski definition) is 1. The molecular weight excluding hydrogens is 208 g/mol. The summed E-state index contributed by atoms with van der Waals surface area (Å²) >= 11 is 0. The summed E-state index contributed by atoms with van der Waals surface area (Å²) in [4.78, 5) is 10.2. The Balaban J connectivity index is 4.53. The van der Waals surface area contributed by atoms with Gasteiger partial charge in [0.25, 0.3) is 0 Å². The minimum absolute atomic E-state index is 0.800. The second kappa shape index (κ2) is 8.51. The van der Waals surface area contributed by atoms with Gasteiger partial charge < -0.3 is 0 Å². The van der Waals surface area contributed by atoms with Crippen LogP contribution in [0.5, 0.6) is 0 Å². The van der Waals surface area contributed by atoms with Crippen LogP contribution in [0.25, 0.3) is 0 Å². The maximum absolute atomic E-state index is 10.2. The third kappa shape index (κ3) is 8.21. The van der Waals surface area contributed by atoms with Gasteiger partial charge in [0.2, 0.25) is 0 Å². The van der Waals surface area contributed by atoms with Crippen molar-refractivity contribution in [3.05, 3.63) is 58.7 Å². The summed E-state index contributed by atoms with van der Waals surface area (Å²) < 4.78 is 0. The largest absolute Gasteiger partial charge is 0.299 e. The van der Waals surface area contributed by atoms with Crippen molar-refractivity contribution in [2.75, 3.05) is 0 Å². The molecule has 0 bridgehead atoms. The van der Waals surface area contributed by atoms with Crippen molar-refractivity contribution in [2.45, 2.75) is 34.6 Å². The van der Waals surface area contributed by atoms with Crippen LogP contribution in [0.15, 0.2) is 58.7 Å². The number of allylic oxidation sites excluding steroid dienone is 10. The fraction of sp³-hybridized carbons (Fsp3) is 0.312. The molecule has 0 aromatic heterocycles. The van der Waals surface area contributed by atoms with Gasteiger partial charge in [-0.15, -0.1) is 0 Å².